The molecule has 1 aromatic heterocycles. The molecule has 0 amide bonds. The molecular formula is C13H16N2O4S. The topological polar surface area (TPSA) is 70.4 Å². The van der Waals surface area contributed by atoms with Crippen LogP contribution in [0.3, 0.4) is 0 Å². The van der Waals surface area contributed by atoms with Crippen LogP contribution in [-0.4, -0.2) is 32.2 Å². The molecule has 6 nitrogen and oxygen atoms in total. The van der Waals surface area contributed by atoms with Crippen molar-refractivity contribution in [1.82, 2.24) is 9.55 Å². The van der Waals surface area contributed by atoms with Gasteiger partial charge >= 0.3 is 0 Å². The minimum Gasteiger partial charge on any atom is -0.493 e. The molecular weight excluding hydrogens is 280 g/mol. The average molecular weight is 296 g/mol. The second-order valence-corrected chi connectivity index (χ2v) is 6.23. The largest absolute Gasteiger partial charge is 0.493 e. The maximum Gasteiger partial charge on any atom is 0.199 e. The fraction of sp³-hybridized carbons (Fsp3) is 0.308. The van der Waals surface area contributed by atoms with Crippen molar-refractivity contribution in [3.05, 3.63) is 36.3 Å². The van der Waals surface area contributed by atoms with Crippen molar-refractivity contribution in [1.29, 1.82) is 0 Å². The van der Waals surface area contributed by atoms with E-state index in [4.69, 9.17) is 9.47 Å². The van der Waals surface area contributed by atoms with Crippen LogP contribution in [0.4, 0.5) is 0 Å². The monoisotopic (exact) mass is 296 g/mol. The Labute approximate surface area is 117 Å². The van der Waals surface area contributed by atoms with E-state index in [1.54, 1.807) is 25.2 Å². The molecule has 0 unspecified atom stereocenters. The lowest BCUT2D eigenvalue weighted by Gasteiger charge is -2.10. The van der Waals surface area contributed by atoms with Gasteiger partial charge in [0.2, 0.25) is 0 Å². The van der Waals surface area contributed by atoms with Crippen LogP contribution in [0.25, 0.3) is 0 Å². The van der Waals surface area contributed by atoms with Crippen LogP contribution < -0.4 is 9.47 Å². The Morgan fingerprint density at radius 2 is 1.90 bits per heavy atom. The molecule has 7 heteroatoms. The Hall–Kier alpha value is -2.02. The third-order valence-corrected chi connectivity index (χ3v) is 4.64. The summed E-state index contributed by atoms with van der Waals surface area (Å²) in [4.78, 5) is 3.83. The molecule has 0 radical (unpaired) electrons. The summed E-state index contributed by atoms with van der Waals surface area (Å²) >= 11 is 0. The van der Waals surface area contributed by atoms with Crippen molar-refractivity contribution in [3.8, 4) is 11.5 Å². The predicted octanol–water partition coefficient (Wildman–Crippen LogP) is 1.41. The van der Waals surface area contributed by atoms with Gasteiger partial charge in [-0.1, -0.05) is 6.07 Å². The molecule has 2 aromatic rings. The van der Waals surface area contributed by atoms with Gasteiger partial charge in [-0.25, -0.2) is 13.4 Å². The number of imidazole rings is 1. The van der Waals surface area contributed by atoms with Crippen molar-refractivity contribution in [2.75, 3.05) is 14.2 Å². The first kappa shape index (κ1) is 14.4. The number of aromatic nitrogens is 2. The van der Waals surface area contributed by atoms with Gasteiger partial charge < -0.3 is 14.0 Å². The van der Waals surface area contributed by atoms with Crippen LogP contribution in [0, 0.1) is 0 Å². The molecule has 0 aliphatic rings. The zero-order chi connectivity index (χ0) is 14.8. The van der Waals surface area contributed by atoms with Crippen molar-refractivity contribution in [2.24, 2.45) is 7.05 Å². The first-order valence-corrected chi connectivity index (χ1v) is 7.53. The van der Waals surface area contributed by atoms with Crippen LogP contribution in [-0.2, 0) is 22.6 Å². The molecule has 2 rings (SSSR count). The summed E-state index contributed by atoms with van der Waals surface area (Å²) in [6.45, 7) is 0. The van der Waals surface area contributed by atoms with Gasteiger partial charge in [0.05, 0.1) is 32.5 Å². The molecule has 108 valence electrons. The molecule has 0 aliphatic carbocycles. The normalized spacial score (nSPS) is 11.3. The van der Waals surface area contributed by atoms with E-state index in [0.717, 1.165) is 0 Å². The van der Waals surface area contributed by atoms with Gasteiger partial charge in [0.25, 0.3) is 0 Å². The Morgan fingerprint density at radius 3 is 2.45 bits per heavy atom. The summed E-state index contributed by atoms with van der Waals surface area (Å²) in [5, 5.41) is 0.187. The first-order chi connectivity index (χ1) is 9.47. The summed E-state index contributed by atoms with van der Waals surface area (Å²) < 4.78 is 36.4. The summed E-state index contributed by atoms with van der Waals surface area (Å²) in [7, 11) is 1.25. The highest BCUT2D eigenvalue weighted by Gasteiger charge is 2.19. The van der Waals surface area contributed by atoms with Gasteiger partial charge in [0, 0.05) is 7.05 Å². The van der Waals surface area contributed by atoms with Crippen molar-refractivity contribution in [3.63, 3.8) is 0 Å². The van der Waals surface area contributed by atoms with Crippen LogP contribution in [0.1, 0.15) is 5.56 Å². The van der Waals surface area contributed by atoms with Gasteiger partial charge in [-0.05, 0) is 17.7 Å². The zero-order valence-electron chi connectivity index (χ0n) is 11.5. The van der Waals surface area contributed by atoms with E-state index in [2.05, 4.69) is 4.98 Å². The van der Waals surface area contributed by atoms with Crippen LogP contribution in [0.15, 0.2) is 35.7 Å². The number of hydrogen-bond acceptors (Lipinski definition) is 5. The lowest BCUT2D eigenvalue weighted by molar-refractivity contribution is 0.354. The van der Waals surface area contributed by atoms with Crippen molar-refractivity contribution in [2.45, 2.75) is 10.8 Å². The van der Waals surface area contributed by atoms with Gasteiger partial charge in [-0.15, -0.1) is 0 Å². The van der Waals surface area contributed by atoms with E-state index in [1.807, 2.05) is 0 Å². The van der Waals surface area contributed by atoms with E-state index in [-0.39, 0.29) is 10.8 Å². The number of ether oxygens (including phenoxy) is 2. The van der Waals surface area contributed by atoms with Crippen LogP contribution in [0.5, 0.6) is 11.5 Å². The molecule has 0 N–H and O–H groups in total. The number of methoxy groups -OCH3 is 2. The maximum absolute atomic E-state index is 12.3. The number of aryl methyl sites for hydroxylation is 1. The third-order valence-electron chi connectivity index (χ3n) is 2.90. The van der Waals surface area contributed by atoms with Crippen LogP contribution >= 0.6 is 0 Å². The van der Waals surface area contributed by atoms with Gasteiger partial charge in [-0.3, -0.25) is 0 Å². The number of benzene rings is 1. The fourth-order valence-electron chi connectivity index (χ4n) is 1.91. The van der Waals surface area contributed by atoms with Gasteiger partial charge in [0.1, 0.15) is 0 Å². The molecule has 1 heterocycles. The Bertz CT molecular complexity index is 707. The molecule has 20 heavy (non-hydrogen) atoms. The van der Waals surface area contributed by atoms with E-state index < -0.39 is 9.84 Å². The quantitative estimate of drug-likeness (QED) is 0.834. The smallest absolute Gasteiger partial charge is 0.199 e. The highest BCUT2D eigenvalue weighted by molar-refractivity contribution is 7.90. The summed E-state index contributed by atoms with van der Waals surface area (Å²) in [6.07, 6.45) is 2.80. The summed E-state index contributed by atoms with van der Waals surface area (Å²) in [5.41, 5.74) is 0.629. The zero-order valence-corrected chi connectivity index (χ0v) is 12.3. The Morgan fingerprint density at radius 1 is 1.20 bits per heavy atom. The van der Waals surface area contributed by atoms with E-state index in [0.29, 0.717) is 17.1 Å². The molecule has 0 atom stereocenters. The molecule has 0 fully saturated rings. The minimum absolute atomic E-state index is 0.118. The first-order valence-electron chi connectivity index (χ1n) is 5.88. The van der Waals surface area contributed by atoms with Crippen LogP contribution in [0.2, 0.25) is 0 Å². The number of rotatable bonds is 5. The lowest BCUT2D eigenvalue weighted by atomic mass is 10.2. The molecule has 0 saturated carbocycles. The maximum atomic E-state index is 12.3. The second-order valence-electron chi connectivity index (χ2n) is 4.29. The number of nitrogens with zero attached hydrogens (tertiary/aromatic N) is 2. The molecule has 0 saturated heterocycles. The Balaban J connectivity index is 2.33. The van der Waals surface area contributed by atoms with Crippen molar-refractivity contribution < 1.29 is 17.9 Å². The molecule has 0 aliphatic heterocycles. The fourth-order valence-corrected chi connectivity index (χ4v) is 3.38. The van der Waals surface area contributed by atoms with E-state index >= 15 is 0 Å². The summed E-state index contributed by atoms with van der Waals surface area (Å²) in [5.74, 6) is 0.951. The van der Waals surface area contributed by atoms with Gasteiger partial charge in [-0.2, -0.15) is 0 Å². The third kappa shape index (κ3) is 2.77. The SMILES string of the molecule is COc1ccc(CS(=O)(=O)c2cncn2C)cc1OC. The molecule has 0 bridgehead atoms. The highest BCUT2D eigenvalue weighted by Crippen LogP contribution is 2.29. The van der Waals surface area contributed by atoms with E-state index in [9.17, 15) is 8.42 Å². The highest BCUT2D eigenvalue weighted by atomic mass is 32.2. The second kappa shape index (κ2) is 5.54. The lowest BCUT2D eigenvalue weighted by Crippen LogP contribution is -2.09. The molecule has 1 aromatic carbocycles. The predicted molar refractivity (Wildman–Crippen MR) is 73.6 cm³/mol. The number of sulfone groups is 1. The molecule has 0 spiro atoms. The summed E-state index contributed by atoms with van der Waals surface area (Å²) in [6, 6.07) is 5.05. The Kier molecular flexibility index (Phi) is 3.99. The standard InChI is InChI=1S/C13H16N2O4S/c1-15-9-14-7-13(15)20(16,17)8-10-4-5-11(18-2)12(6-10)19-3/h4-7,9H,8H2,1-3H3. The minimum atomic E-state index is -3.44. The van der Waals surface area contributed by atoms with Crippen molar-refractivity contribution >= 4 is 9.84 Å². The van der Waals surface area contributed by atoms with E-state index in [1.165, 1.54) is 31.3 Å². The van der Waals surface area contributed by atoms with Gasteiger partial charge in [0.15, 0.2) is 26.4 Å². The average Bonchev–Trinajstić information content (AvgIpc) is 2.85. The number of hydrogen-bond donors (Lipinski definition) is 0.